The fourth-order valence-corrected chi connectivity index (χ4v) is 2.20. The summed E-state index contributed by atoms with van der Waals surface area (Å²) < 4.78 is 5.20. The van der Waals surface area contributed by atoms with Gasteiger partial charge in [-0.1, -0.05) is 12.8 Å². The second-order valence-electron chi connectivity index (χ2n) is 4.72. The van der Waals surface area contributed by atoms with Crippen molar-refractivity contribution >= 4 is 5.97 Å². The SMILES string of the molecule is CC(CC1CC1)N1CCOC(C(=O)O)C1. The Balaban J connectivity index is 1.82. The zero-order valence-corrected chi connectivity index (χ0v) is 9.19. The lowest BCUT2D eigenvalue weighted by atomic mass is 10.1. The van der Waals surface area contributed by atoms with Crippen LogP contribution < -0.4 is 0 Å². The van der Waals surface area contributed by atoms with Crippen LogP contribution in [-0.2, 0) is 9.53 Å². The van der Waals surface area contributed by atoms with E-state index in [0.717, 1.165) is 12.5 Å². The molecule has 0 bridgehead atoms. The average molecular weight is 213 g/mol. The molecule has 2 unspecified atom stereocenters. The molecule has 86 valence electrons. The molecule has 1 heterocycles. The van der Waals surface area contributed by atoms with Gasteiger partial charge in [-0.2, -0.15) is 0 Å². The minimum atomic E-state index is -0.835. The molecule has 4 nitrogen and oxygen atoms in total. The third kappa shape index (κ3) is 2.92. The maximum absolute atomic E-state index is 10.8. The van der Waals surface area contributed by atoms with Crippen LogP contribution in [0.25, 0.3) is 0 Å². The Bertz CT molecular complexity index is 240. The van der Waals surface area contributed by atoms with Gasteiger partial charge in [-0.05, 0) is 19.3 Å². The molecule has 2 rings (SSSR count). The van der Waals surface area contributed by atoms with E-state index in [1.54, 1.807) is 0 Å². The monoisotopic (exact) mass is 213 g/mol. The molecule has 1 saturated carbocycles. The van der Waals surface area contributed by atoms with Crippen molar-refractivity contribution in [3.63, 3.8) is 0 Å². The number of ether oxygens (including phenoxy) is 1. The molecule has 0 aromatic carbocycles. The van der Waals surface area contributed by atoms with E-state index in [1.165, 1.54) is 19.3 Å². The Morgan fingerprint density at radius 2 is 2.33 bits per heavy atom. The van der Waals surface area contributed by atoms with Crippen LogP contribution >= 0.6 is 0 Å². The lowest BCUT2D eigenvalue weighted by Crippen LogP contribution is -2.49. The van der Waals surface area contributed by atoms with Gasteiger partial charge in [0.25, 0.3) is 0 Å². The number of nitrogens with zero attached hydrogens (tertiary/aromatic N) is 1. The average Bonchev–Trinajstić information content (AvgIpc) is 3.02. The zero-order chi connectivity index (χ0) is 10.8. The van der Waals surface area contributed by atoms with Crippen LogP contribution in [0.3, 0.4) is 0 Å². The van der Waals surface area contributed by atoms with Gasteiger partial charge < -0.3 is 9.84 Å². The van der Waals surface area contributed by atoms with E-state index in [0.29, 0.717) is 19.2 Å². The second-order valence-corrected chi connectivity index (χ2v) is 4.72. The Morgan fingerprint density at radius 1 is 1.60 bits per heavy atom. The highest BCUT2D eigenvalue weighted by Crippen LogP contribution is 2.34. The highest BCUT2D eigenvalue weighted by molar-refractivity contribution is 5.72. The first-order valence-electron chi connectivity index (χ1n) is 5.75. The third-order valence-electron chi connectivity index (χ3n) is 3.37. The highest BCUT2D eigenvalue weighted by atomic mass is 16.5. The molecule has 0 aromatic rings. The van der Waals surface area contributed by atoms with Gasteiger partial charge in [-0.3, -0.25) is 4.90 Å². The summed E-state index contributed by atoms with van der Waals surface area (Å²) in [6, 6.07) is 0.503. The number of carboxylic acids is 1. The van der Waals surface area contributed by atoms with E-state index in [2.05, 4.69) is 11.8 Å². The minimum absolute atomic E-state index is 0.503. The molecule has 0 spiro atoms. The first kappa shape index (κ1) is 10.9. The van der Waals surface area contributed by atoms with Crippen LogP contribution in [0, 0.1) is 5.92 Å². The fourth-order valence-electron chi connectivity index (χ4n) is 2.20. The summed E-state index contributed by atoms with van der Waals surface area (Å²) in [5, 5.41) is 8.88. The van der Waals surface area contributed by atoms with Crippen molar-refractivity contribution in [2.45, 2.75) is 38.3 Å². The molecule has 1 N–H and O–H groups in total. The third-order valence-corrected chi connectivity index (χ3v) is 3.37. The van der Waals surface area contributed by atoms with E-state index in [4.69, 9.17) is 9.84 Å². The number of hydrogen-bond acceptors (Lipinski definition) is 3. The van der Waals surface area contributed by atoms with Gasteiger partial charge in [0, 0.05) is 19.1 Å². The van der Waals surface area contributed by atoms with E-state index in [-0.39, 0.29) is 0 Å². The summed E-state index contributed by atoms with van der Waals surface area (Å²) in [6.45, 7) is 4.16. The lowest BCUT2D eigenvalue weighted by Gasteiger charge is -2.35. The summed E-state index contributed by atoms with van der Waals surface area (Å²) >= 11 is 0. The van der Waals surface area contributed by atoms with Gasteiger partial charge in [0.1, 0.15) is 0 Å². The van der Waals surface area contributed by atoms with E-state index < -0.39 is 12.1 Å². The molecule has 1 aliphatic carbocycles. The van der Waals surface area contributed by atoms with Crippen molar-refractivity contribution in [2.24, 2.45) is 5.92 Å². The normalized spacial score (nSPS) is 30.1. The second kappa shape index (κ2) is 4.49. The number of hydrogen-bond donors (Lipinski definition) is 1. The summed E-state index contributed by atoms with van der Waals surface area (Å²) in [5.74, 6) is 0.0597. The maximum Gasteiger partial charge on any atom is 0.334 e. The van der Waals surface area contributed by atoms with E-state index in [1.807, 2.05) is 0 Å². The van der Waals surface area contributed by atoms with Crippen LogP contribution in [0.15, 0.2) is 0 Å². The highest BCUT2D eigenvalue weighted by Gasteiger charge is 2.31. The summed E-state index contributed by atoms with van der Waals surface area (Å²) in [7, 11) is 0. The van der Waals surface area contributed by atoms with Crippen LogP contribution in [0.2, 0.25) is 0 Å². The van der Waals surface area contributed by atoms with Gasteiger partial charge in [-0.15, -0.1) is 0 Å². The summed E-state index contributed by atoms with van der Waals surface area (Å²) in [6.07, 6.45) is 3.31. The van der Waals surface area contributed by atoms with Gasteiger partial charge in [0.2, 0.25) is 0 Å². The van der Waals surface area contributed by atoms with E-state index in [9.17, 15) is 4.79 Å². The van der Waals surface area contributed by atoms with Crippen LogP contribution in [-0.4, -0.2) is 47.8 Å². The van der Waals surface area contributed by atoms with Crippen molar-refractivity contribution < 1.29 is 14.6 Å². The molecule has 2 aliphatic rings. The Labute approximate surface area is 90.2 Å². The maximum atomic E-state index is 10.8. The van der Waals surface area contributed by atoms with Crippen LogP contribution in [0.5, 0.6) is 0 Å². The number of morpholine rings is 1. The van der Waals surface area contributed by atoms with Crippen LogP contribution in [0.4, 0.5) is 0 Å². The number of rotatable bonds is 4. The molecule has 1 aliphatic heterocycles. The van der Waals surface area contributed by atoms with Crippen LogP contribution in [0.1, 0.15) is 26.2 Å². The van der Waals surface area contributed by atoms with Crippen molar-refractivity contribution in [2.75, 3.05) is 19.7 Å². The number of aliphatic carboxylic acids is 1. The topological polar surface area (TPSA) is 49.8 Å². The van der Waals surface area contributed by atoms with Gasteiger partial charge in [0.15, 0.2) is 6.10 Å². The summed E-state index contributed by atoms with van der Waals surface area (Å²) in [5.41, 5.74) is 0. The predicted molar refractivity (Wildman–Crippen MR) is 55.8 cm³/mol. The van der Waals surface area contributed by atoms with Gasteiger partial charge in [0.05, 0.1) is 6.61 Å². The molecular weight excluding hydrogens is 194 g/mol. The first-order chi connectivity index (χ1) is 7.16. The number of carbonyl (C=O) groups is 1. The minimum Gasteiger partial charge on any atom is -0.479 e. The van der Waals surface area contributed by atoms with Crippen molar-refractivity contribution in [1.29, 1.82) is 0 Å². The van der Waals surface area contributed by atoms with E-state index >= 15 is 0 Å². The fraction of sp³-hybridized carbons (Fsp3) is 0.909. The molecule has 2 fully saturated rings. The molecule has 0 amide bonds. The van der Waals surface area contributed by atoms with Crippen molar-refractivity contribution in [3.8, 4) is 0 Å². The number of carboxylic acid groups (broad SMARTS) is 1. The molecular formula is C11H19NO3. The summed E-state index contributed by atoms with van der Waals surface area (Å²) in [4.78, 5) is 13.1. The molecule has 2 atom stereocenters. The first-order valence-corrected chi connectivity index (χ1v) is 5.75. The predicted octanol–water partition coefficient (Wildman–Crippen LogP) is 0.960. The molecule has 1 saturated heterocycles. The quantitative estimate of drug-likeness (QED) is 0.755. The Hall–Kier alpha value is -0.610. The zero-order valence-electron chi connectivity index (χ0n) is 9.19. The Kier molecular flexibility index (Phi) is 3.26. The lowest BCUT2D eigenvalue weighted by molar-refractivity contribution is -0.157. The Morgan fingerprint density at radius 3 is 2.93 bits per heavy atom. The molecule has 0 aromatic heterocycles. The molecule has 15 heavy (non-hydrogen) atoms. The van der Waals surface area contributed by atoms with Crippen molar-refractivity contribution in [3.05, 3.63) is 0 Å². The van der Waals surface area contributed by atoms with Crippen molar-refractivity contribution in [1.82, 2.24) is 4.90 Å². The standard InChI is InChI=1S/C11H19NO3/c1-8(6-9-2-3-9)12-4-5-15-10(7-12)11(13)14/h8-10H,2-7H2,1H3,(H,13,14). The van der Waals surface area contributed by atoms with Gasteiger partial charge in [-0.25, -0.2) is 4.79 Å². The molecule has 4 heteroatoms. The molecule has 0 radical (unpaired) electrons. The largest absolute Gasteiger partial charge is 0.479 e. The van der Waals surface area contributed by atoms with Gasteiger partial charge >= 0.3 is 5.97 Å². The smallest absolute Gasteiger partial charge is 0.334 e.